The van der Waals surface area contributed by atoms with E-state index < -0.39 is 0 Å². The minimum Gasteiger partial charge on any atom is -0.161 e. The summed E-state index contributed by atoms with van der Waals surface area (Å²) in [4.78, 5) is 0. The molecule has 0 aromatic carbocycles. The fourth-order valence-electron chi connectivity index (χ4n) is 5.39. The Hall–Kier alpha value is 0.0900. The van der Waals surface area contributed by atoms with E-state index in [2.05, 4.69) is 24.8 Å². The van der Waals surface area contributed by atoms with E-state index in [1.807, 2.05) is 5.57 Å². The second-order valence-electron chi connectivity index (χ2n) is 7.37. The maximum atomic E-state index is 2.71. The van der Waals surface area contributed by atoms with Crippen LogP contribution < -0.4 is 0 Å². The summed E-state index contributed by atoms with van der Waals surface area (Å²) in [6, 6.07) is 0. The van der Waals surface area contributed by atoms with E-state index in [1.54, 1.807) is 6.42 Å². The summed E-state index contributed by atoms with van der Waals surface area (Å²) in [6.45, 7) is 2.48. The first-order valence-corrected chi connectivity index (χ1v) is 9.26. The molecule has 4 rings (SSSR count). The van der Waals surface area contributed by atoms with E-state index in [1.165, 1.54) is 43.6 Å². The first-order chi connectivity index (χ1) is 8.83. The highest BCUT2D eigenvalue weighted by atomic mass is 32.2. The molecule has 0 spiro atoms. The molecule has 1 heteroatoms. The Labute approximate surface area is 116 Å². The minimum atomic E-state index is 0.988. The third kappa shape index (κ3) is 1.80. The first kappa shape index (κ1) is 11.9. The quantitative estimate of drug-likeness (QED) is 0.567. The lowest BCUT2D eigenvalue weighted by Crippen LogP contribution is -2.39. The lowest BCUT2D eigenvalue weighted by atomic mass is 9.57. The smallest absolute Gasteiger partial charge is 0.00302 e. The van der Waals surface area contributed by atoms with Crippen LogP contribution in [0.2, 0.25) is 0 Å². The fourth-order valence-corrected chi connectivity index (χ4v) is 6.99. The van der Waals surface area contributed by atoms with Gasteiger partial charge in [-0.2, -0.15) is 11.8 Å². The van der Waals surface area contributed by atoms with Crippen molar-refractivity contribution in [2.45, 2.75) is 45.4 Å². The van der Waals surface area contributed by atoms with Gasteiger partial charge in [0.1, 0.15) is 0 Å². The lowest BCUT2D eigenvalue weighted by Gasteiger charge is -2.48. The standard InChI is InChI=1S/C17H26S/c1-11-2-3-12-4-6-15-14(16(12)8-11)7-5-13-9-18-10-17(13)15/h7,11-13,15-17H,2-6,8-10H2,1H3. The predicted octanol–water partition coefficient (Wildman–Crippen LogP) is 4.76. The van der Waals surface area contributed by atoms with E-state index in [0.29, 0.717) is 0 Å². The van der Waals surface area contributed by atoms with Gasteiger partial charge in [-0.05, 0) is 79.1 Å². The van der Waals surface area contributed by atoms with E-state index in [0.717, 1.165) is 35.5 Å². The van der Waals surface area contributed by atoms with Crippen LogP contribution in [0.15, 0.2) is 11.6 Å². The van der Waals surface area contributed by atoms with E-state index in [-0.39, 0.29) is 0 Å². The Balaban J connectivity index is 1.62. The van der Waals surface area contributed by atoms with Gasteiger partial charge in [-0.1, -0.05) is 25.0 Å². The molecule has 4 aliphatic rings. The second-order valence-corrected chi connectivity index (χ2v) is 8.44. The minimum absolute atomic E-state index is 0.988. The molecule has 3 fully saturated rings. The third-order valence-electron chi connectivity index (χ3n) is 6.38. The molecule has 0 radical (unpaired) electrons. The molecule has 1 heterocycles. The molecule has 0 N–H and O–H groups in total. The highest BCUT2D eigenvalue weighted by Gasteiger charge is 2.45. The molecule has 0 aromatic heterocycles. The average molecular weight is 262 g/mol. The molecule has 6 atom stereocenters. The second kappa shape index (κ2) is 4.58. The highest BCUT2D eigenvalue weighted by Crippen LogP contribution is 2.55. The molecule has 0 aromatic rings. The summed E-state index contributed by atoms with van der Waals surface area (Å²) in [6.07, 6.45) is 11.8. The molecule has 1 aliphatic heterocycles. The van der Waals surface area contributed by atoms with Crippen LogP contribution in [-0.4, -0.2) is 11.5 Å². The van der Waals surface area contributed by atoms with E-state index in [4.69, 9.17) is 0 Å². The Bertz CT molecular complexity index is 359. The summed E-state index contributed by atoms with van der Waals surface area (Å²) in [5.74, 6) is 9.09. The van der Waals surface area contributed by atoms with Crippen molar-refractivity contribution in [1.82, 2.24) is 0 Å². The molecule has 6 unspecified atom stereocenters. The summed E-state index contributed by atoms with van der Waals surface area (Å²) in [5.41, 5.74) is 1.95. The number of hydrogen-bond acceptors (Lipinski definition) is 1. The molecule has 0 bridgehead atoms. The third-order valence-corrected chi connectivity index (χ3v) is 7.67. The van der Waals surface area contributed by atoms with Gasteiger partial charge in [-0.25, -0.2) is 0 Å². The van der Waals surface area contributed by atoms with Crippen LogP contribution in [-0.2, 0) is 0 Å². The van der Waals surface area contributed by atoms with Crippen molar-refractivity contribution in [2.75, 3.05) is 11.5 Å². The number of thioether (sulfide) groups is 1. The molecule has 0 amide bonds. The summed E-state index contributed by atoms with van der Waals surface area (Å²) in [5, 5.41) is 0. The van der Waals surface area contributed by atoms with Crippen LogP contribution in [0.1, 0.15) is 45.4 Å². The zero-order chi connectivity index (χ0) is 12.1. The zero-order valence-corrected chi connectivity index (χ0v) is 12.4. The van der Waals surface area contributed by atoms with Crippen molar-refractivity contribution in [3.05, 3.63) is 11.6 Å². The molecule has 100 valence electrons. The largest absolute Gasteiger partial charge is 0.161 e. The molecule has 0 nitrogen and oxygen atoms in total. The number of fused-ring (bicyclic) bond motifs is 5. The van der Waals surface area contributed by atoms with Crippen LogP contribution in [0.25, 0.3) is 0 Å². The first-order valence-electron chi connectivity index (χ1n) is 8.10. The van der Waals surface area contributed by atoms with Crippen molar-refractivity contribution < 1.29 is 0 Å². The summed E-state index contributed by atoms with van der Waals surface area (Å²) >= 11 is 2.23. The molecule has 2 saturated carbocycles. The van der Waals surface area contributed by atoms with Gasteiger partial charge < -0.3 is 0 Å². The Morgan fingerprint density at radius 2 is 1.89 bits per heavy atom. The number of allylic oxidation sites excluding steroid dienone is 2. The molecule has 3 aliphatic carbocycles. The highest BCUT2D eigenvalue weighted by molar-refractivity contribution is 7.99. The van der Waals surface area contributed by atoms with Gasteiger partial charge in [0.25, 0.3) is 0 Å². The topological polar surface area (TPSA) is 0 Å². The van der Waals surface area contributed by atoms with Gasteiger partial charge in [0.15, 0.2) is 0 Å². The van der Waals surface area contributed by atoms with Crippen molar-refractivity contribution in [3.8, 4) is 0 Å². The van der Waals surface area contributed by atoms with Crippen LogP contribution in [0, 0.1) is 35.5 Å². The van der Waals surface area contributed by atoms with Crippen molar-refractivity contribution in [3.63, 3.8) is 0 Å². The lowest BCUT2D eigenvalue weighted by molar-refractivity contribution is 0.123. The van der Waals surface area contributed by atoms with Crippen LogP contribution in [0.3, 0.4) is 0 Å². The van der Waals surface area contributed by atoms with E-state index in [9.17, 15) is 0 Å². The Morgan fingerprint density at radius 1 is 1.00 bits per heavy atom. The van der Waals surface area contributed by atoms with Gasteiger partial charge in [0.2, 0.25) is 0 Å². The normalized spacial score (nSPS) is 51.1. The number of rotatable bonds is 0. The van der Waals surface area contributed by atoms with Crippen molar-refractivity contribution in [2.24, 2.45) is 35.5 Å². The van der Waals surface area contributed by atoms with Gasteiger partial charge in [-0.15, -0.1) is 0 Å². The monoisotopic (exact) mass is 262 g/mol. The van der Waals surface area contributed by atoms with Crippen LogP contribution in [0.5, 0.6) is 0 Å². The molecular formula is C17H26S. The van der Waals surface area contributed by atoms with E-state index >= 15 is 0 Å². The fraction of sp³-hybridized carbons (Fsp3) is 0.882. The number of hydrogen-bond donors (Lipinski definition) is 0. The van der Waals surface area contributed by atoms with Gasteiger partial charge in [-0.3, -0.25) is 0 Å². The maximum absolute atomic E-state index is 2.71. The average Bonchev–Trinajstić information content (AvgIpc) is 2.86. The molecule has 1 saturated heterocycles. The molecular weight excluding hydrogens is 236 g/mol. The maximum Gasteiger partial charge on any atom is -0.00302 e. The van der Waals surface area contributed by atoms with Crippen molar-refractivity contribution >= 4 is 11.8 Å². The Kier molecular flexibility index (Phi) is 3.02. The SMILES string of the molecule is CC1CCC2CCC3C(=CCC4CSCC43)C2C1. The van der Waals surface area contributed by atoms with Crippen LogP contribution >= 0.6 is 11.8 Å². The van der Waals surface area contributed by atoms with Gasteiger partial charge in [0.05, 0.1) is 0 Å². The zero-order valence-electron chi connectivity index (χ0n) is 11.6. The molecule has 18 heavy (non-hydrogen) atoms. The summed E-state index contributed by atoms with van der Waals surface area (Å²) in [7, 11) is 0. The summed E-state index contributed by atoms with van der Waals surface area (Å²) < 4.78 is 0. The van der Waals surface area contributed by atoms with Gasteiger partial charge >= 0.3 is 0 Å². The Morgan fingerprint density at radius 3 is 2.83 bits per heavy atom. The van der Waals surface area contributed by atoms with Crippen LogP contribution in [0.4, 0.5) is 0 Å². The predicted molar refractivity (Wildman–Crippen MR) is 79.7 cm³/mol. The van der Waals surface area contributed by atoms with Gasteiger partial charge in [0, 0.05) is 0 Å². The van der Waals surface area contributed by atoms with Crippen molar-refractivity contribution in [1.29, 1.82) is 0 Å².